The SMILES string of the molecule is N#CC1CN(CC(Cc2ncnc(OCc3ccccc3)c2OCc2ccccc2)c2ccc(C#Cc3ccc(CN4CCOCC4)cc3)cc2)C1. The van der Waals surface area contributed by atoms with Gasteiger partial charge < -0.3 is 19.1 Å². The molecule has 3 heterocycles. The van der Waals surface area contributed by atoms with Crippen LogP contribution in [0, 0.1) is 29.1 Å². The molecule has 0 radical (unpaired) electrons. The van der Waals surface area contributed by atoms with Crippen LogP contribution in [0.25, 0.3) is 0 Å². The Morgan fingerprint density at radius 2 is 1.33 bits per heavy atom. The molecule has 0 N–H and O–H groups in total. The third-order valence-electron chi connectivity index (χ3n) is 9.54. The Balaban J connectivity index is 1.09. The second-order valence-corrected chi connectivity index (χ2v) is 13.4. The van der Waals surface area contributed by atoms with Gasteiger partial charge in [0.1, 0.15) is 19.5 Å². The van der Waals surface area contributed by atoms with E-state index in [4.69, 9.17) is 19.2 Å². The molecule has 7 rings (SSSR count). The third kappa shape index (κ3) is 9.63. The maximum absolute atomic E-state index is 9.44. The lowest BCUT2D eigenvalue weighted by atomic mass is 9.90. The first-order valence-electron chi connectivity index (χ1n) is 18.0. The van der Waals surface area contributed by atoms with Crippen molar-refractivity contribution in [3.8, 4) is 29.5 Å². The van der Waals surface area contributed by atoms with Gasteiger partial charge >= 0.3 is 0 Å². The monoisotopic (exact) mass is 689 g/mol. The van der Waals surface area contributed by atoms with E-state index < -0.39 is 0 Å². The standard InChI is InChI=1S/C44H43N5O3/c45-26-39-28-49(29-39)30-41(40-19-17-35(18-20-40)12-11-34-13-15-36(16-14-34)27-48-21-23-50-24-22-48)25-42-43(51-31-37-7-3-1-4-8-37)44(47-33-46-42)52-32-38-9-5-2-6-10-38/h1-10,13-20,33,39,41H,21-25,27-32H2. The molecule has 2 aliphatic rings. The molecule has 1 aromatic heterocycles. The molecular formula is C44H43N5O3. The zero-order valence-corrected chi connectivity index (χ0v) is 29.4. The first-order valence-corrected chi connectivity index (χ1v) is 18.0. The summed E-state index contributed by atoms with van der Waals surface area (Å²) in [6, 6.07) is 39.6. The van der Waals surface area contributed by atoms with E-state index in [9.17, 15) is 5.26 Å². The molecule has 5 aromatic rings. The highest BCUT2D eigenvalue weighted by Crippen LogP contribution is 2.34. The molecule has 1 atom stereocenters. The summed E-state index contributed by atoms with van der Waals surface area (Å²) < 4.78 is 18.2. The number of aromatic nitrogens is 2. The number of nitrogens with zero attached hydrogens (tertiary/aromatic N) is 5. The van der Waals surface area contributed by atoms with Crippen LogP contribution in [0.1, 0.15) is 45.0 Å². The summed E-state index contributed by atoms with van der Waals surface area (Å²) in [5, 5.41) is 9.44. The molecule has 2 aliphatic heterocycles. The van der Waals surface area contributed by atoms with Crippen LogP contribution in [-0.2, 0) is 30.9 Å². The number of morpholine rings is 1. The van der Waals surface area contributed by atoms with E-state index in [2.05, 4.69) is 81.2 Å². The van der Waals surface area contributed by atoms with Crippen molar-refractivity contribution in [2.75, 3.05) is 45.9 Å². The molecule has 8 nitrogen and oxygen atoms in total. The number of benzene rings is 4. The molecular weight excluding hydrogens is 647 g/mol. The lowest BCUT2D eigenvalue weighted by molar-refractivity contribution is 0.0342. The fraction of sp³-hybridized carbons (Fsp3) is 0.295. The number of nitriles is 1. The number of ether oxygens (including phenoxy) is 3. The molecule has 2 fully saturated rings. The Hall–Kier alpha value is -5.51. The molecule has 4 aromatic carbocycles. The Bertz CT molecular complexity index is 1970. The van der Waals surface area contributed by atoms with Crippen molar-refractivity contribution in [3.63, 3.8) is 0 Å². The van der Waals surface area contributed by atoms with Crippen LogP contribution < -0.4 is 9.47 Å². The molecule has 0 amide bonds. The highest BCUT2D eigenvalue weighted by atomic mass is 16.5. The Kier molecular flexibility index (Phi) is 11.8. The van der Waals surface area contributed by atoms with Crippen molar-refractivity contribution in [2.45, 2.75) is 32.1 Å². The molecule has 52 heavy (non-hydrogen) atoms. The second kappa shape index (κ2) is 17.6. The van der Waals surface area contributed by atoms with E-state index in [1.165, 1.54) is 11.1 Å². The van der Waals surface area contributed by atoms with E-state index in [1.54, 1.807) is 6.33 Å². The van der Waals surface area contributed by atoms with Crippen LogP contribution in [0.3, 0.4) is 0 Å². The van der Waals surface area contributed by atoms with Gasteiger partial charge in [-0.2, -0.15) is 10.2 Å². The Morgan fingerprint density at radius 3 is 1.96 bits per heavy atom. The quantitative estimate of drug-likeness (QED) is 0.127. The normalized spacial score (nSPS) is 15.4. The minimum atomic E-state index is 0.0774. The number of likely N-dealkylation sites (tertiary alicyclic amines) is 1. The fourth-order valence-electron chi connectivity index (χ4n) is 6.57. The second-order valence-electron chi connectivity index (χ2n) is 13.4. The number of rotatable bonds is 13. The molecule has 2 saturated heterocycles. The van der Waals surface area contributed by atoms with E-state index in [0.717, 1.165) is 80.4 Å². The zero-order valence-electron chi connectivity index (χ0n) is 29.4. The molecule has 8 heteroatoms. The van der Waals surface area contributed by atoms with Gasteiger partial charge in [0.25, 0.3) is 5.88 Å². The smallest absolute Gasteiger partial charge is 0.260 e. The Labute approximate surface area is 306 Å². The topological polar surface area (TPSA) is 83.7 Å². The predicted octanol–water partition coefficient (Wildman–Crippen LogP) is 6.65. The Morgan fingerprint density at radius 1 is 0.712 bits per heavy atom. The van der Waals surface area contributed by atoms with E-state index in [-0.39, 0.29) is 11.8 Å². The first kappa shape index (κ1) is 34.9. The molecule has 0 spiro atoms. The van der Waals surface area contributed by atoms with Crippen molar-refractivity contribution in [1.29, 1.82) is 5.26 Å². The van der Waals surface area contributed by atoms with Gasteiger partial charge in [-0.05, 0) is 46.5 Å². The van der Waals surface area contributed by atoms with E-state index in [0.29, 0.717) is 31.3 Å². The largest absolute Gasteiger partial charge is 0.482 e. The number of hydrogen-bond acceptors (Lipinski definition) is 8. The van der Waals surface area contributed by atoms with Crippen molar-refractivity contribution in [2.24, 2.45) is 5.92 Å². The molecule has 262 valence electrons. The maximum Gasteiger partial charge on any atom is 0.260 e. The van der Waals surface area contributed by atoms with Gasteiger partial charge in [0.2, 0.25) is 5.75 Å². The van der Waals surface area contributed by atoms with E-state index >= 15 is 0 Å². The first-order chi connectivity index (χ1) is 25.7. The molecule has 0 aliphatic carbocycles. The predicted molar refractivity (Wildman–Crippen MR) is 201 cm³/mol. The highest BCUT2D eigenvalue weighted by molar-refractivity contribution is 5.45. The summed E-state index contributed by atoms with van der Waals surface area (Å²) >= 11 is 0. The zero-order chi connectivity index (χ0) is 35.4. The number of hydrogen-bond donors (Lipinski definition) is 0. The van der Waals surface area contributed by atoms with Crippen molar-refractivity contribution >= 4 is 0 Å². The van der Waals surface area contributed by atoms with Crippen LogP contribution in [0.4, 0.5) is 0 Å². The summed E-state index contributed by atoms with van der Waals surface area (Å²) in [6.45, 7) is 7.57. The van der Waals surface area contributed by atoms with Gasteiger partial charge in [0, 0.05) is 62.7 Å². The van der Waals surface area contributed by atoms with Crippen molar-refractivity contribution in [3.05, 3.63) is 155 Å². The average Bonchev–Trinajstić information content (AvgIpc) is 3.18. The fourth-order valence-corrected chi connectivity index (χ4v) is 6.57. The molecule has 1 unspecified atom stereocenters. The van der Waals surface area contributed by atoms with Gasteiger partial charge in [-0.1, -0.05) is 96.8 Å². The van der Waals surface area contributed by atoms with Gasteiger partial charge in [-0.3, -0.25) is 4.90 Å². The van der Waals surface area contributed by atoms with Gasteiger partial charge in [0.15, 0.2) is 0 Å². The summed E-state index contributed by atoms with van der Waals surface area (Å²) in [5.74, 6) is 7.85. The minimum absolute atomic E-state index is 0.0774. The van der Waals surface area contributed by atoms with Gasteiger partial charge in [-0.25, -0.2) is 4.98 Å². The van der Waals surface area contributed by atoms with E-state index in [1.807, 2.05) is 60.7 Å². The van der Waals surface area contributed by atoms with Crippen LogP contribution in [-0.4, -0.2) is 65.7 Å². The lowest BCUT2D eigenvalue weighted by Gasteiger charge is -2.38. The van der Waals surface area contributed by atoms with Crippen molar-refractivity contribution in [1.82, 2.24) is 19.8 Å². The van der Waals surface area contributed by atoms with Crippen molar-refractivity contribution < 1.29 is 14.2 Å². The summed E-state index contributed by atoms with van der Waals surface area (Å²) in [7, 11) is 0. The third-order valence-corrected chi connectivity index (χ3v) is 9.54. The lowest BCUT2D eigenvalue weighted by Crippen LogP contribution is -2.47. The molecule has 0 bridgehead atoms. The van der Waals surface area contributed by atoms with Crippen LogP contribution in [0.5, 0.6) is 11.6 Å². The van der Waals surface area contributed by atoms with Crippen LogP contribution in [0.15, 0.2) is 116 Å². The average molecular weight is 690 g/mol. The maximum atomic E-state index is 9.44. The van der Waals surface area contributed by atoms with Gasteiger partial charge in [-0.15, -0.1) is 0 Å². The summed E-state index contributed by atoms with van der Waals surface area (Å²) in [4.78, 5) is 14.0. The molecule has 0 saturated carbocycles. The van der Waals surface area contributed by atoms with Gasteiger partial charge in [0.05, 0.1) is 30.9 Å². The van der Waals surface area contributed by atoms with Crippen LogP contribution >= 0.6 is 0 Å². The highest BCUT2D eigenvalue weighted by Gasteiger charge is 2.30. The van der Waals surface area contributed by atoms with Crippen LogP contribution in [0.2, 0.25) is 0 Å². The summed E-state index contributed by atoms with van der Waals surface area (Å²) in [5.41, 5.74) is 7.30. The summed E-state index contributed by atoms with van der Waals surface area (Å²) in [6.07, 6.45) is 2.18. The minimum Gasteiger partial charge on any atom is -0.482 e.